The molecule has 14 heavy (non-hydrogen) atoms. The minimum Gasteiger partial charge on any atom is -0.309 e. The second-order valence-corrected chi connectivity index (χ2v) is 3.65. The van der Waals surface area contributed by atoms with Crippen LogP contribution in [0.25, 0.3) is 0 Å². The van der Waals surface area contributed by atoms with Crippen molar-refractivity contribution in [3.8, 4) is 6.07 Å². The molecule has 72 valence electrons. The average Bonchev–Trinajstić information content (AvgIpc) is 2.63. The van der Waals surface area contributed by atoms with Gasteiger partial charge in [-0.05, 0) is 24.0 Å². The van der Waals surface area contributed by atoms with Gasteiger partial charge in [0, 0.05) is 19.0 Å². The van der Waals surface area contributed by atoms with Crippen LogP contribution >= 0.6 is 0 Å². The molecular formula is C12H14N2. The van der Waals surface area contributed by atoms with E-state index in [-0.39, 0.29) is 0 Å². The lowest BCUT2D eigenvalue weighted by molar-refractivity contribution is 0.538. The summed E-state index contributed by atoms with van der Waals surface area (Å²) in [5.74, 6) is 0. The predicted octanol–water partition coefficient (Wildman–Crippen LogP) is 2.18. The maximum Gasteiger partial charge on any atom is 0.0635 e. The van der Waals surface area contributed by atoms with Crippen molar-refractivity contribution in [2.45, 2.75) is 25.3 Å². The van der Waals surface area contributed by atoms with Gasteiger partial charge >= 0.3 is 0 Å². The number of nitrogens with one attached hydrogen (secondary N) is 1. The van der Waals surface area contributed by atoms with Gasteiger partial charge in [-0.2, -0.15) is 5.26 Å². The monoisotopic (exact) mass is 186 g/mol. The molecule has 2 rings (SSSR count). The third-order valence-corrected chi connectivity index (χ3v) is 2.76. The van der Waals surface area contributed by atoms with Crippen LogP contribution < -0.4 is 5.32 Å². The van der Waals surface area contributed by atoms with Gasteiger partial charge in [-0.1, -0.05) is 24.3 Å². The van der Waals surface area contributed by atoms with Gasteiger partial charge in [-0.3, -0.25) is 0 Å². The Hall–Kier alpha value is -1.33. The molecule has 0 fully saturated rings. The molecule has 0 aliphatic heterocycles. The minimum atomic E-state index is 0.472. The first-order chi connectivity index (χ1) is 6.92. The van der Waals surface area contributed by atoms with Crippen LogP contribution in [-0.2, 0) is 6.42 Å². The summed E-state index contributed by atoms with van der Waals surface area (Å²) >= 11 is 0. The zero-order valence-corrected chi connectivity index (χ0v) is 8.16. The van der Waals surface area contributed by atoms with E-state index in [0.29, 0.717) is 12.5 Å². The van der Waals surface area contributed by atoms with Crippen LogP contribution in [0.15, 0.2) is 24.3 Å². The molecule has 0 radical (unpaired) electrons. The highest BCUT2D eigenvalue weighted by Crippen LogP contribution is 2.30. The van der Waals surface area contributed by atoms with Crippen LogP contribution in [0.4, 0.5) is 0 Å². The molecule has 0 aromatic heterocycles. The Morgan fingerprint density at radius 1 is 1.43 bits per heavy atom. The normalized spacial score (nSPS) is 18.9. The average molecular weight is 186 g/mol. The van der Waals surface area contributed by atoms with Crippen LogP contribution in [0.2, 0.25) is 0 Å². The van der Waals surface area contributed by atoms with E-state index in [0.717, 1.165) is 6.54 Å². The topological polar surface area (TPSA) is 35.8 Å². The van der Waals surface area contributed by atoms with Gasteiger partial charge in [0.25, 0.3) is 0 Å². The molecule has 1 unspecified atom stereocenters. The molecule has 0 heterocycles. The van der Waals surface area contributed by atoms with Gasteiger partial charge in [0.15, 0.2) is 0 Å². The highest BCUT2D eigenvalue weighted by molar-refractivity contribution is 5.34. The molecule has 0 bridgehead atoms. The van der Waals surface area contributed by atoms with Crippen LogP contribution in [0.1, 0.15) is 30.0 Å². The first-order valence-electron chi connectivity index (χ1n) is 5.10. The van der Waals surface area contributed by atoms with Gasteiger partial charge in [0.1, 0.15) is 0 Å². The fourth-order valence-corrected chi connectivity index (χ4v) is 2.07. The third kappa shape index (κ3) is 1.78. The van der Waals surface area contributed by atoms with E-state index in [2.05, 4.69) is 35.7 Å². The van der Waals surface area contributed by atoms with E-state index >= 15 is 0 Å². The lowest BCUT2D eigenvalue weighted by Gasteiger charge is -2.12. The van der Waals surface area contributed by atoms with Crippen LogP contribution in [0.5, 0.6) is 0 Å². The quantitative estimate of drug-likeness (QED) is 0.734. The Morgan fingerprint density at radius 2 is 2.29 bits per heavy atom. The zero-order valence-electron chi connectivity index (χ0n) is 8.16. The fraction of sp³-hybridized carbons (Fsp3) is 0.417. The Labute approximate surface area is 84.6 Å². The van der Waals surface area contributed by atoms with Crippen LogP contribution in [0, 0.1) is 11.3 Å². The van der Waals surface area contributed by atoms with E-state index in [9.17, 15) is 0 Å². The number of benzene rings is 1. The smallest absolute Gasteiger partial charge is 0.0635 e. The van der Waals surface area contributed by atoms with Crippen molar-refractivity contribution in [3.05, 3.63) is 35.4 Å². The molecule has 1 atom stereocenters. The fourth-order valence-electron chi connectivity index (χ4n) is 2.07. The second kappa shape index (κ2) is 4.26. The van der Waals surface area contributed by atoms with Gasteiger partial charge in [-0.15, -0.1) is 0 Å². The molecule has 0 amide bonds. The number of aryl methyl sites for hydroxylation is 1. The molecule has 0 saturated carbocycles. The summed E-state index contributed by atoms with van der Waals surface area (Å²) in [6.45, 7) is 0.801. The van der Waals surface area contributed by atoms with E-state index in [1.54, 1.807) is 0 Å². The number of hydrogen-bond donors (Lipinski definition) is 1. The summed E-state index contributed by atoms with van der Waals surface area (Å²) in [5, 5.41) is 11.9. The van der Waals surface area contributed by atoms with E-state index in [1.807, 2.05) is 0 Å². The maximum absolute atomic E-state index is 8.45. The number of rotatable bonds is 3. The molecule has 0 spiro atoms. The Balaban J connectivity index is 2.00. The van der Waals surface area contributed by atoms with Crippen LogP contribution in [0.3, 0.4) is 0 Å². The largest absolute Gasteiger partial charge is 0.309 e. The summed E-state index contributed by atoms with van der Waals surface area (Å²) in [6.07, 6.45) is 2.93. The number of nitrogens with zero attached hydrogens (tertiary/aromatic N) is 1. The van der Waals surface area contributed by atoms with E-state index in [4.69, 9.17) is 5.26 Å². The Morgan fingerprint density at radius 3 is 3.14 bits per heavy atom. The molecule has 1 N–H and O–H groups in total. The standard InChI is InChI=1S/C12H14N2/c13-8-3-9-14-12-7-6-10-4-1-2-5-11(10)12/h1-2,4-5,12,14H,3,6-7,9H2. The van der Waals surface area contributed by atoms with Crippen molar-refractivity contribution in [1.82, 2.24) is 5.32 Å². The van der Waals surface area contributed by atoms with Crippen molar-refractivity contribution in [2.24, 2.45) is 0 Å². The lowest BCUT2D eigenvalue weighted by atomic mass is 10.1. The van der Waals surface area contributed by atoms with E-state index < -0.39 is 0 Å². The van der Waals surface area contributed by atoms with Gasteiger partial charge < -0.3 is 5.32 Å². The number of hydrogen-bond acceptors (Lipinski definition) is 2. The zero-order chi connectivity index (χ0) is 9.80. The lowest BCUT2D eigenvalue weighted by Crippen LogP contribution is -2.19. The maximum atomic E-state index is 8.45. The van der Waals surface area contributed by atoms with Crippen molar-refractivity contribution in [3.63, 3.8) is 0 Å². The van der Waals surface area contributed by atoms with Gasteiger partial charge in [-0.25, -0.2) is 0 Å². The SMILES string of the molecule is N#CCCNC1CCc2ccccc21. The first kappa shape index (κ1) is 9.23. The Kier molecular flexibility index (Phi) is 2.81. The van der Waals surface area contributed by atoms with Crippen molar-refractivity contribution < 1.29 is 0 Å². The van der Waals surface area contributed by atoms with Crippen molar-refractivity contribution in [1.29, 1.82) is 5.26 Å². The second-order valence-electron chi connectivity index (χ2n) is 3.65. The highest BCUT2D eigenvalue weighted by Gasteiger charge is 2.20. The summed E-state index contributed by atoms with van der Waals surface area (Å²) in [7, 11) is 0. The first-order valence-corrected chi connectivity index (χ1v) is 5.10. The molecule has 1 aromatic carbocycles. The minimum absolute atomic E-state index is 0.472. The van der Waals surface area contributed by atoms with Crippen molar-refractivity contribution in [2.75, 3.05) is 6.54 Å². The molecule has 2 nitrogen and oxygen atoms in total. The molecule has 1 aromatic rings. The Bertz CT molecular complexity index is 352. The van der Waals surface area contributed by atoms with Gasteiger partial charge in [0.2, 0.25) is 0 Å². The van der Waals surface area contributed by atoms with E-state index in [1.165, 1.54) is 24.0 Å². The summed E-state index contributed by atoms with van der Waals surface area (Å²) in [4.78, 5) is 0. The summed E-state index contributed by atoms with van der Waals surface area (Å²) in [6, 6.07) is 11.2. The predicted molar refractivity (Wildman–Crippen MR) is 55.7 cm³/mol. The molecule has 0 saturated heterocycles. The van der Waals surface area contributed by atoms with Crippen molar-refractivity contribution >= 4 is 0 Å². The summed E-state index contributed by atoms with van der Waals surface area (Å²) in [5.41, 5.74) is 2.88. The molecule has 1 aliphatic rings. The van der Waals surface area contributed by atoms with Gasteiger partial charge in [0.05, 0.1) is 6.07 Å². The molecular weight excluding hydrogens is 172 g/mol. The van der Waals surface area contributed by atoms with Crippen LogP contribution in [-0.4, -0.2) is 6.54 Å². The molecule has 2 heteroatoms. The highest BCUT2D eigenvalue weighted by atomic mass is 14.9. The molecule has 1 aliphatic carbocycles. The summed E-state index contributed by atoms with van der Waals surface area (Å²) < 4.78 is 0. The number of fused-ring (bicyclic) bond motifs is 1. The third-order valence-electron chi connectivity index (χ3n) is 2.76. The number of nitriles is 1.